The van der Waals surface area contributed by atoms with Crippen LogP contribution in [0.3, 0.4) is 0 Å². The highest BCUT2D eigenvalue weighted by atomic mass is 35.5. The third-order valence-corrected chi connectivity index (χ3v) is 9.06. The number of ether oxygens (including phenoxy) is 2. The molecule has 2 aromatic heterocycles. The number of pyridine rings is 2. The zero-order chi connectivity index (χ0) is 42.9. The maximum absolute atomic E-state index is 12.4. The molecule has 13 nitrogen and oxygen atoms in total. The van der Waals surface area contributed by atoms with Gasteiger partial charge in [0.25, 0.3) is 0 Å². The number of hydrogen-bond donors (Lipinski definition) is 4. The van der Waals surface area contributed by atoms with Crippen molar-refractivity contribution in [3.63, 3.8) is 0 Å². The Kier molecular flexibility index (Phi) is 17.3. The number of carboxylic acid groups (broad SMARTS) is 1. The van der Waals surface area contributed by atoms with Crippen molar-refractivity contribution in [1.82, 2.24) is 9.97 Å². The minimum Gasteiger partial charge on any atom is -0.479 e. The van der Waals surface area contributed by atoms with E-state index in [-0.39, 0.29) is 43.2 Å². The molecule has 0 aliphatic heterocycles. The largest absolute Gasteiger partial charge is 0.479 e. The Morgan fingerprint density at radius 1 is 0.593 bits per heavy atom. The van der Waals surface area contributed by atoms with E-state index in [4.69, 9.17) is 82.5 Å². The first-order chi connectivity index (χ1) is 28.3. The van der Waals surface area contributed by atoms with Crippen molar-refractivity contribution in [2.75, 3.05) is 11.5 Å². The highest BCUT2D eigenvalue weighted by molar-refractivity contribution is 6.40. The standard InChI is InChI=1S/C21H17Cl2N3O3.C13H11NO.C8H8Cl2N2O3/c1-13(28-20-17(23)18(24)16(22)12-25-20)21(27)29-26-19(14-8-4-2-5-9-14)15-10-6-3-7-11-15;15-14-13(11-7-3-1-4-8-11)12-9-5-2-6-10-12;1-3(8(13)14)15-7-5(10)6(11)4(9)2-12-7/h2-13H,1H3,(H2,24,25);1-10,15H;2-3H,1H3,(H2,11,12)(H,13,14). The topological polar surface area (TPSA) is 205 Å². The molecule has 0 spiro atoms. The van der Waals surface area contributed by atoms with E-state index in [1.165, 1.54) is 26.2 Å². The molecule has 17 heteroatoms. The normalized spacial score (nSPS) is 11.2. The molecule has 2 unspecified atom stereocenters. The summed E-state index contributed by atoms with van der Waals surface area (Å²) in [6.07, 6.45) is 0.442. The van der Waals surface area contributed by atoms with E-state index in [1.54, 1.807) is 0 Å². The van der Waals surface area contributed by atoms with Gasteiger partial charge in [-0.2, -0.15) is 0 Å². The van der Waals surface area contributed by atoms with Crippen LogP contribution in [0, 0.1) is 0 Å². The van der Waals surface area contributed by atoms with Gasteiger partial charge in [-0.15, -0.1) is 0 Å². The third kappa shape index (κ3) is 13.1. The number of aromatic nitrogens is 2. The number of nitrogens with zero attached hydrogens (tertiary/aromatic N) is 4. The average Bonchev–Trinajstić information content (AvgIpc) is 3.26. The Hall–Kier alpha value is -6.38. The lowest BCUT2D eigenvalue weighted by atomic mass is 10.0. The minimum atomic E-state index is -1.12. The Labute approximate surface area is 359 Å². The third-order valence-electron chi connectivity index (χ3n) is 7.73. The molecule has 2 heterocycles. The van der Waals surface area contributed by atoms with Crippen LogP contribution in [0.1, 0.15) is 36.1 Å². The SMILES string of the molecule is CC(Oc1ncc(Cl)c(N)c1Cl)C(=O)O.CC(Oc1ncc(Cl)c(N)c1Cl)C(=O)ON=C(c1ccccc1)c1ccccc1.ON=C(c1ccccc1)c1ccccc1. The molecule has 6 aromatic rings. The predicted molar refractivity (Wildman–Crippen MR) is 230 cm³/mol. The number of benzene rings is 4. The van der Waals surface area contributed by atoms with Gasteiger partial charge in [-0.05, 0) is 13.8 Å². The van der Waals surface area contributed by atoms with Crippen LogP contribution in [-0.2, 0) is 14.4 Å². The summed E-state index contributed by atoms with van der Waals surface area (Å²) >= 11 is 23.3. The molecule has 0 aliphatic rings. The van der Waals surface area contributed by atoms with Crippen molar-refractivity contribution in [2.24, 2.45) is 10.3 Å². The number of aliphatic carboxylic acids is 1. The lowest BCUT2D eigenvalue weighted by molar-refractivity contribution is -0.151. The Bertz CT molecular complexity index is 2300. The Morgan fingerprint density at radius 2 is 0.932 bits per heavy atom. The van der Waals surface area contributed by atoms with Gasteiger partial charge in [0.15, 0.2) is 12.2 Å². The van der Waals surface area contributed by atoms with Gasteiger partial charge in [-0.25, -0.2) is 19.6 Å². The van der Waals surface area contributed by atoms with E-state index in [2.05, 4.69) is 20.3 Å². The molecule has 304 valence electrons. The van der Waals surface area contributed by atoms with Crippen LogP contribution in [0.25, 0.3) is 0 Å². The van der Waals surface area contributed by atoms with E-state index in [0.717, 1.165) is 22.3 Å². The van der Waals surface area contributed by atoms with E-state index in [0.29, 0.717) is 11.4 Å². The number of nitrogens with two attached hydrogens (primary N) is 2. The lowest BCUT2D eigenvalue weighted by Gasteiger charge is -2.14. The maximum atomic E-state index is 12.4. The van der Waals surface area contributed by atoms with Crippen LogP contribution in [0.2, 0.25) is 20.1 Å². The summed E-state index contributed by atoms with van der Waals surface area (Å²) in [7, 11) is 0. The van der Waals surface area contributed by atoms with Crippen LogP contribution in [0.5, 0.6) is 11.8 Å². The fourth-order valence-corrected chi connectivity index (χ4v) is 5.40. The predicted octanol–water partition coefficient (Wildman–Crippen LogP) is 9.47. The second-order valence-corrected chi connectivity index (χ2v) is 13.5. The number of hydrogen-bond acceptors (Lipinski definition) is 12. The van der Waals surface area contributed by atoms with Gasteiger partial charge in [0, 0.05) is 22.3 Å². The second-order valence-electron chi connectivity index (χ2n) is 11.9. The number of halogens is 4. The van der Waals surface area contributed by atoms with Crippen LogP contribution in [-0.4, -0.2) is 55.9 Å². The van der Waals surface area contributed by atoms with Crippen LogP contribution >= 0.6 is 46.4 Å². The second kappa shape index (κ2) is 22.5. The summed E-state index contributed by atoms with van der Waals surface area (Å²) in [4.78, 5) is 35.7. The number of carbonyl (C=O) groups excluding carboxylic acids is 1. The first-order valence-corrected chi connectivity index (χ1v) is 18.8. The smallest absolute Gasteiger partial charge is 0.374 e. The number of carboxylic acids is 1. The summed E-state index contributed by atoms with van der Waals surface area (Å²) < 4.78 is 10.4. The molecule has 6 rings (SSSR count). The van der Waals surface area contributed by atoms with Crippen LogP contribution in [0.15, 0.2) is 144 Å². The highest BCUT2D eigenvalue weighted by Crippen LogP contribution is 2.34. The van der Waals surface area contributed by atoms with Crippen molar-refractivity contribution in [1.29, 1.82) is 0 Å². The summed E-state index contributed by atoms with van der Waals surface area (Å²) in [6, 6.07) is 38.0. The van der Waals surface area contributed by atoms with E-state index in [1.807, 2.05) is 121 Å². The first kappa shape index (κ1) is 45.3. The molecule has 0 saturated carbocycles. The molecule has 4 aromatic carbocycles. The fraction of sp³-hybridized carbons (Fsp3) is 0.0952. The van der Waals surface area contributed by atoms with Crippen LogP contribution < -0.4 is 20.9 Å². The molecule has 0 fully saturated rings. The number of rotatable bonds is 11. The quantitative estimate of drug-likeness (QED) is 0.0417. The van der Waals surface area contributed by atoms with Gasteiger partial charge in [-0.3, -0.25) is 0 Å². The van der Waals surface area contributed by atoms with Gasteiger partial charge >= 0.3 is 11.9 Å². The first-order valence-electron chi connectivity index (χ1n) is 17.3. The number of anilines is 2. The molecule has 59 heavy (non-hydrogen) atoms. The molecular weight excluding hydrogens is 842 g/mol. The summed E-state index contributed by atoms with van der Waals surface area (Å²) in [6.45, 7) is 2.84. The van der Waals surface area contributed by atoms with Crippen molar-refractivity contribution in [2.45, 2.75) is 26.1 Å². The maximum Gasteiger partial charge on any atom is 0.374 e. The fourth-order valence-electron chi connectivity index (χ4n) is 4.62. The van der Waals surface area contributed by atoms with Gasteiger partial charge < -0.3 is 36.1 Å². The minimum absolute atomic E-state index is 0.00981. The number of nitrogen functional groups attached to an aromatic ring is 2. The Morgan fingerprint density at radius 3 is 1.27 bits per heavy atom. The highest BCUT2D eigenvalue weighted by Gasteiger charge is 2.22. The molecule has 2 atom stereocenters. The number of carbonyl (C=O) groups is 2. The van der Waals surface area contributed by atoms with E-state index >= 15 is 0 Å². The van der Waals surface area contributed by atoms with Crippen LogP contribution in [0.4, 0.5) is 11.4 Å². The van der Waals surface area contributed by atoms with Gasteiger partial charge in [-0.1, -0.05) is 178 Å². The molecular formula is C42H36Cl4N6O7. The molecule has 0 saturated heterocycles. The summed E-state index contributed by atoms with van der Waals surface area (Å²) in [5, 5.41) is 25.5. The zero-order valence-corrected chi connectivity index (χ0v) is 34.3. The van der Waals surface area contributed by atoms with Crippen molar-refractivity contribution in [3.8, 4) is 11.8 Å². The van der Waals surface area contributed by atoms with Gasteiger partial charge in [0.1, 0.15) is 21.5 Å². The molecule has 0 radical (unpaired) electrons. The van der Waals surface area contributed by atoms with E-state index in [9.17, 15) is 9.59 Å². The molecule has 0 bridgehead atoms. The summed E-state index contributed by atoms with van der Waals surface area (Å²) in [5.41, 5.74) is 16.0. The van der Waals surface area contributed by atoms with Crippen molar-refractivity contribution in [3.05, 3.63) is 176 Å². The van der Waals surface area contributed by atoms with E-state index < -0.39 is 24.1 Å². The van der Waals surface area contributed by atoms with Gasteiger partial charge in [0.05, 0.1) is 33.8 Å². The average molecular weight is 879 g/mol. The Balaban J connectivity index is 0.000000215. The molecule has 0 amide bonds. The van der Waals surface area contributed by atoms with Crippen molar-refractivity contribution >= 4 is 81.1 Å². The van der Waals surface area contributed by atoms with Crippen molar-refractivity contribution < 1.29 is 34.2 Å². The monoisotopic (exact) mass is 876 g/mol. The summed E-state index contributed by atoms with van der Waals surface area (Å²) in [5.74, 6) is -1.91. The molecule has 6 N–H and O–H groups in total. The zero-order valence-electron chi connectivity index (χ0n) is 31.2. The number of oxime groups is 2. The lowest BCUT2D eigenvalue weighted by Crippen LogP contribution is -2.26. The van der Waals surface area contributed by atoms with Gasteiger partial charge in [0.2, 0.25) is 11.8 Å². The molecule has 0 aliphatic carbocycles.